The number of benzene rings is 3. The zero-order valence-electron chi connectivity index (χ0n) is 23.0. The molecular formula is C33H28ClFN4O3S. The lowest BCUT2D eigenvalue weighted by Gasteiger charge is -2.35. The van der Waals surface area contributed by atoms with Gasteiger partial charge in [-0.3, -0.25) is 9.78 Å². The fourth-order valence-electron chi connectivity index (χ4n) is 5.48. The van der Waals surface area contributed by atoms with E-state index in [2.05, 4.69) is 28.5 Å². The van der Waals surface area contributed by atoms with Crippen molar-refractivity contribution in [1.29, 1.82) is 0 Å². The summed E-state index contributed by atoms with van der Waals surface area (Å²) in [6, 6.07) is 26.8. The van der Waals surface area contributed by atoms with E-state index in [1.54, 1.807) is 35.2 Å². The maximum absolute atomic E-state index is 14.9. The van der Waals surface area contributed by atoms with Crippen molar-refractivity contribution in [2.45, 2.75) is 23.9 Å². The Hall–Kier alpha value is -4.47. The van der Waals surface area contributed by atoms with Gasteiger partial charge in [0.25, 0.3) is 10.0 Å². The average molecular weight is 615 g/mol. The highest BCUT2D eigenvalue weighted by Gasteiger charge is 2.29. The number of amides is 1. The number of anilines is 1. The van der Waals surface area contributed by atoms with Crippen molar-refractivity contribution >= 4 is 33.2 Å². The summed E-state index contributed by atoms with van der Waals surface area (Å²) in [5.41, 5.74) is 5.14. The highest BCUT2D eigenvalue weighted by Crippen LogP contribution is 2.36. The molecule has 43 heavy (non-hydrogen) atoms. The van der Waals surface area contributed by atoms with Crippen LogP contribution in [0.15, 0.2) is 114 Å². The molecule has 0 radical (unpaired) electrons. The summed E-state index contributed by atoms with van der Waals surface area (Å²) in [7, 11) is -4.04. The minimum Gasteiger partial charge on any atom is -0.381 e. The molecule has 6 rings (SSSR count). The van der Waals surface area contributed by atoms with Gasteiger partial charge in [0, 0.05) is 55.4 Å². The molecule has 0 aliphatic carbocycles. The number of rotatable bonds is 8. The maximum atomic E-state index is 14.9. The zero-order valence-corrected chi connectivity index (χ0v) is 24.6. The monoisotopic (exact) mass is 614 g/mol. The molecule has 1 unspecified atom stereocenters. The molecule has 7 nitrogen and oxygen atoms in total. The third-order valence-electron chi connectivity index (χ3n) is 7.63. The Labute approximate surface area is 254 Å². The summed E-state index contributed by atoms with van der Waals surface area (Å²) in [5.74, 6) is -0.725. The maximum Gasteiger partial charge on any atom is 0.269 e. The number of alkyl halides is 1. The first-order chi connectivity index (χ1) is 20.8. The van der Waals surface area contributed by atoms with Crippen LogP contribution in [0.5, 0.6) is 0 Å². The first-order valence-corrected chi connectivity index (χ1v) is 15.7. The normalized spacial score (nSPS) is 14.7. The number of hydrogen-bond donors (Lipinski definition) is 1. The summed E-state index contributed by atoms with van der Waals surface area (Å²) >= 11 is 5.89. The van der Waals surface area contributed by atoms with Crippen molar-refractivity contribution in [3.8, 4) is 11.3 Å². The Morgan fingerprint density at radius 1 is 1.00 bits per heavy atom. The number of aromatic nitrogens is 2. The Morgan fingerprint density at radius 2 is 1.79 bits per heavy atom. The van der Waals surface area contributed by atoms with E-state index in [0.717, 1.165) is 26.4 Å². The third-order valence-corrected chi connectivity index (χ3v) is 9.52. The van der Waals surface area contributed by atoms with Gasteiger partial charge in [-0.1, -0.05) is 48.5 Å². The second kappa shape index (κ2) is 12.0. The fraction of sp³-hybridized carbons (Fsp3) is 0.152. The van der Waals surface area contributed by atoms with E-state index in [0.29, 0.717) is 25.2 Å². The molecule has 218 valence electrons. The van der Waals surface area contributed by atoms with Crippen LogP contribution in [-0.2, 0) is 27.9 Å². The molecule has 0 bridgehead atoms. The lowest BCUT2D eigenvalue weighted by atomic mass is 9.84. The quantitative estimate of drug-likeness (QED) is 0.209. The number of carbonyl (C=O) groups is 1. The van der Waals surface area contributed by atoms with Crippen molar-refractivity contribution in [3.63, 3.8) is 0 Å². The number of nitrogens with one attached hydrogen (secondary N) is 1. The Balaban J connectivity index is 1.33. The van der Waals surface area contributed by atoms with Gasteiger partial charge < -0.3 is 10.2 Å². The number of pyridine rings is 1. The van der Waals surface area contributed by atoms with Gasteiger partial charge in [0.05, 0.1) is 5.69 Å². The molecule has 0 saturated heterocycles. The van der Waals surface area contributed by atoms with E-state index in [4.69, 9.17) is 11.6 Å². The van der Waals surface area contributed by atoms with Gasteiger partial charge in [-0.05, 0) is 64.7 Å². The summed E-state index contributed by atoms with van der Waals surface area (Å²) < 4.78 is 43.2. The molecule has 1 aliphatic heterocycles. The van der Waals surface area contributed by atoms with Crippen LogP contribution >= 0.6 is 11.6 Å². The standard InChI is InChI=1S/C33H28ClFN4O3S/c34-17-33(40)38-21-25-12-13-26(16-29(25)30(22-38)24-7-2-1-3-8-24)37-18-23-15-32(28-10-4-5-11-31(28)35)39(20-23)43(41,42)27-9-6-14-36-19-27/h1-16,19-20,30,37H,17-18,21-22H2. The topological polar surface area (TPSA) is 84.3 Å². The predicted octanol–water partition coefficient (Wildman–Crippen LogP) is 6.25. The van der Waals surface area contributed by atoms with E-state index in [-0.39, 0.29) is 33.9 Å². The van der Waals surface area contributed by atoms with Crippen LogP contribution in [0, 0.1) is 5.82 Å². The number of halogens is 2. The fourth-order valence-corrected chi connectivity index (χ4v) is 7.01. The van der Waals surface area contributed by atoms with Crippen LogP contribution in [0.2, 0.25) is 0 Å². The molecule has 3 heterocycles. The highest BCUT2D eigenvalue weighted by molar-refractivity contribution is 7.90. The molecule has 1 aliphatic rings. The number of fused-ring (bicyclic) bond motifs is 1. The van der Waals surface area contributed by atoms with Gasteiger partial charge in [-0.25, -0.2) is 16.8 Å². The van der Waals surface area contributed by atoms with Crippen LogP contribution in [0.25, 0.3) is 11.3 Å². The van der Waals surface area contributed by atoms with Gasteiger partial charge in [0.2, 0.25) is 5.91 Å². The average Bonchev–Trinajstić information content (AvgIpc) is 3.49. The summed E-state index contributed by atoms with van der Waals surface area (Å²) in [5, 5.41) is 3.41. The smallest absolute Gasteiger partial charge is 0.269 e. The van der Waals surface area contributed by atoms with E-state index in [1.165, 1.54) is 30.7 Å². The van der Waals surface area contributed by atoms with Gasteiger partial charge in [0.1, 0.15) is 16.6 Å². The molecule has 1 amide bonds. The largest absolute Gasteiger partial charge is 0.381 e. The summed E-state index contributed by atoms with van der Waals surface area (Å²) in [4.78, 5) is 18.3. The molecule has 0 fully saturated rings. The second-order valence-electron chi connectivity index (χ2n) is 10.3. The lowest BCUT2D eigenvalue weighted by Crippen LogP contribution is -2.39. The SMILES string of the molecule is O=C(CCl)N1Cc2ccc(NCc3cc(-c4ccccc4F)n(S(=O)(=O)c4cccnc4)c3)cc2C(c2ccccc2)C1. The third kappa shape index (κ3) is 5.78. The second-order valence-corrected chi connectivity index (χ2v) is 12.4. The molecule has 2 aromatic heterocycles. The van der Waals surface area contributed by atoms with E-state index in [9.17, 15) is 17.6 Å². The molecule has 3 aromatic carbocycles. The van der Waals surface area contributed by atoms with Gasteiger partial charge >= 0.3 is 0 Å². The summed E-state index contributed by atoms with van der Waals surface area (Å²) in [6.45, 7) is 1.29. The Morgan fingerprint density at radius 3 is 2.53 bits per heavy atom. The molecule has 0 spiro atoms. The summed E-state index contributed by atoms with van der Waals surface area (Å²) in [6.07, 6.45) is 4.28. The number of hydrogen-bond acceptors (Lipinski definition) is 5. The molecule has 1 N–H and O–H groups in total. The molecular weight excluding hydrogens is 587 g/mol. The minimum atomic E-state index is -4.04. The molecule has 5 aromatic rings. The Bertz CT molecular complexity index is 1880. The van der Waals surface area contributed by atoms with E-state index in [1.807, 2.05) is 30.3 Å². The highest BCUT2D eigenvalue weighted by atomic mass is 35.5. The molecule has 0 saturated carbocycles. The van der Waals surface area contributed by atoms with Crippen LogP contribution < -0.4 is 5.32 Å². The van der Waals surface area contributed by atoms with Gasteiger partial charge in [-0.15, -0.1) is 11.6 Å². The van der Waals surface area contributed by atoms with Crippen LogP contribution in [0.1, 0.15) is 28.2 Å². The molecule has 1 atom stereocenters. The number of nitrogens with zero attached hydrogens (tertiary/aromatic N) is 3. The van der Waals surface area contributed by atoms with Crippen molar-refractivity contribution in [1.82, 2.24) is 13.9 Å². The van der Waals surface area contributed by atoms with Gasteiger partial charge in [-0.2, -0.15) is 0 Å². The Kier molecular flexibility index (Phi) is 8.01. The predicted molar refractivity (Wildman–Crippen MR) is 165 cm³/mol. The zero-order chi connectivity index (χ0) is 30.0. The van der Waals surface area contributed by atoms with Gasteiger partial charge in [0.15, 0.2) is 0 Å². The van der Waals surface area contributed by atoms with Crippen LogP contribution in [-0.4, -0.2) is 40.6 Å². The van der Waals surface area contributed by atoms with Crippen molar-refractivity contribution in [2.24, 2.45) is 0 Å². The number of carbonyl (C=O) groups excluding carboxylic acids is 1. The lowest BCUT2D eigenvalue weighted by molar-refractivity contribution is -0.129. The van der Waals surface area contributed by atoms with Crippen molar-refractivity contribution < 1.29 is 17.6 Å². The minimum absolute atomic E-state index is 0.00558. The molecule has 10 heteroatoms. The first kappa shape index (κ1) is 28.6. The first-order valence-electron chi connectivity index (χ1n) is 13.7. The van der Waals surface area contributed by atoms with Crippen molar-refractivity contribution in [2.75, 3.05) is 17.7 Å². The van der Waals surface area contributed by atoms with E-state index < -0.39 is 15.8 Å². The van der Waals surface area contributed by atoms with Crippen molar-refractivity contribution in [3.05, 3.63) is 138 Å². The van der Waals surface area contributed by atoms with E-state index >= 15 is 0 Å². The van der Waals surface area contributed by atoms with Crippen LogP contribution in [0.3, 0.4) is 0 Å². The van der Waals surface area contributed by atoms with Crippen LogP contribution in [0.4, 0.5) is 10.1 Å².